The van der Waals surface area contributed by atoms with E-state index in [1.807, 2.05) is 36.2 Å². The second-order valence-electron chi connectivity index (χ2n) is 7.25. The van der Waals surface area contributed by atoms with Crippen LogP contribution in [-0.2, 0) is 0 Å². The van der Waals surface area contributed by atoms with Crippen molar-refractivity contribution in [2.45, 2.75) is 32.9 Å². The van der Waals surface area contributed by atoms with Crippen LogP contribution in [-0.4, -0.2) is 24.0 Å². The van der Waals surface area contributed by atoms with Gasteiger partial charge in [0, 0.05) is 12.7 Å². The van der Waals surface area contributed by atoms with E-state index in [-0.39, 0.29) is 12.1 Å². The van der Waals surface area contributed by atoms with E-state index in [4.69, 9.17) is 0 Å². The van der Waals surface area contributed by atoms with Crippen molar-refractivity contribution in [3.05, 3.63) is 41.5 Å². The molecule has 0 radical (unpaired) electrons. The molecule has 1 saturated carbocycles. The number of amides is 1. The van der Waals surface area contributed by atoms with Crippen LogP contribution < -0.4 is 5.32 Å². The summed E-state index contributed by atoms with van der Waals surface area (Å²) < 4.78 is 0. The summed E-state index contributed by atoms with van der Waals surface area (Å²) >= 11 is 0. The van der Waals surface area contributed by atoms with E-state index < -0.39 is 0 Å². The first-order valence-electron chi connectivity index (χ1n) is 7.83. The molecule has 0 saturated heterocycles. The van der Waals surface area contributed by atoms with E-state index in [0.29, 0.717) is 11.3 Å². The molecule has 3 unspecified atom stereocenters. The lowest BCUT2D eigenvalue weighted by molar-refractivity contribution is -0.0141. The van der Waals surface area contributed by atoms with E-state index in [2.05, 4.69) is 25.2 Å². The summed E-state index contributed by atoms with van der Waals surface area (Å²) in [4.78, 5) is 14.5. The van der Waals surface area contributed by atoms with Gasteiger partial charge >= 0.3 is 0 Å². The number of carbonyl (C=O) groups is 1. The van der Waals surface area contributed by atoms with Crippen LogP contribution in [0.25, 0.3) is 0 Å². The summed E-state index contributed by atoms with van der Waals surface area (Å²) in [5, 5.41) is 3.58. The monoisotopic (exact) mass is 282 g/mol. The second kappa shape index (κ2) is 4.12. The van der Waals surface area contributed by atoms with Gasteiger partial charge in [0.2, 0.25) is 0 Å². The van der Waals surface area contributed by atoms with E-state index in [1.54, 1.807) is 0 Å². The highest BCUT2D eigenvalue weighted by atomic mass is 16.2. The molecule has 5 rings (SSSR count). The minimum absolute atomic E-state index is 0.0120. The lowest BCUT2D eigenvalue weighted by atomic mass is 9.48. The molecule has 3 nitrogen and oxygen atoms in total. The van der Waals surface area contributed by atoms with Crippen molar-refractivity contribution >= 4 is 11.6 Å². The van der Waals surface area contributed by atoms with Gasteiger partial charge in [0.05, 0.1) is 5.56 Å². The molecule has 1 heterocycles. The van der Waals surface area contributed by atoms with Crippen LogP contribution in [0, 0.1) is 17.3 Å². The van der Waals surface area contributed by atoms with Crippen LogP contribution in [0.3, 0.4) is 0 Å². The molecule has 1 amide bonds. The van der Waals surface area contributed by atoms with E-state index in [9.17, 15) is 4.79 Å². The predicted molar refractivity (Wildman–Crippen MR) is 84.0 cm³/mol. The lowest BCUT2D eigenvalue weighted by Gasteiger charge is -2.58. The molecular formula is C18H22N2O. The number of likely N-dealkylation sites (N-methyl/N-ethyl adjacent to an activating group) is 1. The summed E-state index contributed by atoms with van der Waals surface area (Å²) in [5.41, 5.74) is 3.53. The molecule has 1 aliphatic heterocycles. The molecule has 1 aromatic carbocycles. The van der Waals surface area contributed by atoms with Gasteiger partial charge in [-0.25, -0.2) is 0 Å². The Morgan fingerprint density at radius 3 is 2.76 bits per heavy atom. The molecule has 1 N–H and O–H groups in total. The number of carbonyl (C=O) groups excluding carboxylic acids is 1. The average molecular weight is 282 g/mol. The number of allylic oxidation sites excluding steroid dienone is 1. The van der Waals surface area contributed by atoms with Crippen molar-refractivity contribution < 1.29 is 4.79 Å². The van der Waals surface area contributed by atoms with Crippen molar-refractivity contribution in [3.8, 4) is 0 Å². The van der Waals surface area contributed by atoms with E-state index in [1.165, 1.54) is 12.0 Å². The number of hydrogen-bond acceptors (Lipinski definition) is 2. The van der Waals surface area contributed by atoms with Crippen molar-refractivity contribution in [2.24, 2.45) is 17.3 Å². The number of nitrogens with zero attached hydrogens (tertiary/aromatic N) is 1. The zero-order valence-corrected chi connectivity index (χ0v) is 12.9. The lowest BCUT2D eigenvalue weighted by Crippen LogP contribution is -2.56. The van der Waals surface area contributed by atoms with Crippen LogP contribution in [0.4, 0.5) is 5.69 Å². The van der Waals surface area contributed by atoms with Gasteiger partial charge < -0.3 is 10.2 Å². The fraction of sp³-hybridized carbons (Fsp3) is 0.500. The Labute approximate surface area is 126 Å². The van der Waals surface area contributed by atoms with Crippen molar-refractivity contribution in [1.82, 2.24) is 4.90 Å². The Kier molecular flexibility index (Phi) is 2.54. The van der Waals surface area contributed by atoms with Gasteiger partial charge in [-0.3, -0.25) is 4.79 Å². The molecule has 1 aromatic rings. The Balaban J connectivity index is 1.71. The van der Waals surface area contributed by atoms with Crippen LogP contribution >= 0.6 is 0 Å². The van der Waals surface area contributed by atoms with Crippen LogP contribution in [0.15, 0.2) is 35.9 Å². The molecule has 3 aliphatic carbocycles. The Morgan fingerprint density at radius 2 is 2.05 bits per heavy atom. The van der Waals surface area contributed by atoms with E-state index >= 15 is 0 Å². The van der Waals surface area contributed by atoms with Crippen LogP contribution in [0.1, 0.15) is 37.0 Å². The van der Waals surface area contributed by atoms with Gasteiger partial charge in [-0.15, -0.1) is 0 Å². The average Bonchev–Trinajstić information content (AvgIpc) is 2.50. The fourth-order valence-electron chi connectivity index (χ4n) is 4.36. The highest BCUT2D eigenvalue weighted by molar-refractivity contribution is 6.01. The van der Waals surface area contributed by atoms with Crippen LogP contribution in [0.5, 0.6) is 0 Å². The molecule has 3 heteroatoms. The SMILES string of the molecule is CN1C(=O)c2ccccc2NC1C1=CCC2CC1C2(C)C. The summed E-state index contributed by atoms with van der Waals surface area (Å²) in [5.74, 6) is 1.55. The quantitative estimate of drug-likeness (QED) is 0.800. The minimum Gasteiger partial charge on any atom is -0.361 e. The van der Waals surface area contributed by atoms with Crippen molar-refractivity contribution in [1.29, 1.82) is 0 Å². The number of fused-ring (bicyclic) bond motifs is 2. The Morgan fingerprint density at radius 1 is 1.29 bits per heavy atom. The largest absolute Gasteiger partial charge is 0.361 e. The van der Waals surface area contributed by atoms with Crippen molar-refractivity contribution in [3.63, 3.8) is 0 Å². The maximum atomic E-state index is 12.6. The number of anilines is 1. The number of para-hydroxylation sites is 1. The maximum Gasteiger partial charge on any atom is 0.257 e. The summed E-state index contributed by atoms with van der Waals surface area (Å²) in [6, 6.07) is 7.81. The van der Waals surface area contributed by atoms with Gasteiger partial charge in [-0.2, -0.15) is 0 Å². The molecule has 110 valence electrons. The van der Waals surface area contributed by atoms with Crippen molar-refractivity contribution in [2.75, 3.05) is 12.4 Å². The molecule has 3 atom stereocenters. The number of nitrogens with one attached hydrogen (secondary N) is 1. The smallest absolute Gasteiger partial charge is 0.257 e. The third-order valence-electron chi connectivity index (χ3n) is 5.98. The van der Waals surface area contributed by atoms with Gasteiger partial charge in [0.25, 0.3) is 5.91 Å². The maximum absolute atomic E-state index is 12.6. The first kappa shape index (κ1) is 12.9. The third-order valence-corrected chi connectivity index (χ3v) is 5.98. The molecule has 4 aliphatic rings. The fourth-order valence-corrected chi connectivity index (χ4v) is 4.36. The van der Waals surface area contributed by atoms with Gasteiger partial charge in [-0.05, 0) is 47.8 Å². The van der Waals surface area contributed by atoms with Crippen LogP contribution in [0.2, 0.25) is 0 Å². The van der Waals surface area contributed by atoms with E-state index in [0.717, 1.165) is 23.6 Å². The number of hydrogen-bond donors (Lipinski definition) is 1. The normalized spacial score (nSPS) is 32.7. The molecule has 0 spiro atoms. The summed E-state index contributed by atoms with van der Waals surface area (Å²) in [7, 11) is 1.91. The highest BCUT2D eigenvalue weighted by Gasteiger charge is 2.53. The van der Waals surface area contributed by atoms with Gasteiger partial charge in [0.1, 0.15) is 6.17 Å². The predicted octanol–water partition coefficient (Wildman–Crippen LogP) is 3.50. The molecule has 1 fully saturated rings. The first-order valence-corrected chi connectivity index (χ1v) is 7.83. The van der Waals surface area contributed by atoms with Gasteiger partial charge in [-0.1, -0.05) is 32.1 Å². The van der Waals surface area contributed by atoms with Gasteiger partial charge in [0.15, 0.2) is 0 Å². The summed E-state index contributed by atoms with van der Waals surface area (Å²) in [6.07, 6.45) is 4.82. The summed E-state index contributed by atoms with van der Waals surface area (Å²) in [6.45, 7) is 4.74. The Hall–Kier alpha value is -1.77. The minimum atomic E-state index is 0.0120. The zero-order chi connectivity index (χ0) is 14.8. The third kappa shape index (κ3) is 1.63. The Bertz CT molecular complexity index is 646. The topological polar surface area (TPSA) is 32.3 Å². The standard InChI is InChI=1S/C18H22N2O/c1-18(2)11-8-9-12(14(18)10-11)16-19-15-7-5-4-6-13(15)17(21)20(16)3/h4-7,9,11,14,16,19H,8,10H2,1-3H3. The molecule has 0 aromatic heterocycles. The number of benzene rings is 1. The first-order chi connectivity index (χ1) is 10.00. The molecular weight excluding hydrogens is 260 g/mol. The highest BCUT2D eigenvalue weighted by Crippen LogP contribution is 2.60. The molecule has 21 heavy (non-hydrogen) atoms. The zero-order valence-electron chi connectivity index (χ0n) is 12.9. The number of rotatable bonds is 1. The molecule has 2 bridgehead atoms. The second-order valence-corrected chi connectivity index (χ2v) is 7.25.